The average Bonchev–Trinajstić information content (AvgIpc) is 2.50. The maximum Gasteiger partial charge on any atom is 0.230 e. The molecule has 3 rings (SSSR count). The third-order valence-electron chi connectivity index (χ3n) is 2.88. The summed E-state index contributed by atoms with van der Waals surface area (Å²) in [6, 6.07) is 0.665. The van der Waals surface area contributed by atoms with E-state index in [-0.39, 0.29) is 94.1 Å². The van der Waals surface area contributed by atoms with Crippen LogP contribution < -0.4 is 10.2 Å². The van der Waals surface area contributed by atoms with Crippen LogP contribution in [0.2, 0.25) is 0 Å². The topological polar surface area (TPSA) is 69.2 Å². The van der Waals surface area contributed by atoms with E-state index in [2.05, 4.69) is 25.9 Å². The second-order valence-corrected chi connectivity index (χ2v) is 4.39. The van der Waals surface area contributed by atoms with Gasteiger partial charge in [-0.1, -0.05) is 0 Å². The summed E-state index contributed by atoms with van der Waals surface area (Å²) >= 11 is 0. The monoisotopic (exact) mass is 738 g/mol. The third-order valence-corrected chi connectivity index (χ3v) is 2.88. The van der Waals surface area contributed by atoms with E-state index >= 15 is 0 Å². The summed E-state index contributed by atoms with van der Waals surface area (Å²) in [4.78, 5) is 8.77. The molecule has 2 aliphatic heterocycles. The molecule has 0 atom stereocenters. The van der Waals surface area contributed by atoms with Crippen LogP contribution in [0.3, 0.4) is 0 Å². The Labute approximate surface area is 201 Å². The Morgan fingerprint density at radius 1 is 0.909 bits per heavy atom. The van der Waals surface area contributed by atoms with Gasteiger partial charge in [-0.05, 0) is 13.1 Å². The molecule has 2 radical (unpaired) electrons. The first kappa shape index (κ1) is 23.5. The Bertz CT molecular complexity index is 385. The first-order valence-corrected chi connectivity index (χ1v) is 6.68. The SMILES string of the molecule is C1CNCC[N-]1.Fc1cc(F)nc(N2CC[N-]CC2)n1.[Ac].[Ac]. The van der Waals surface area contributed by atoms with Crippen molar-refractivity contribution in [2.24, 2.45) is 0 Å². The second-order valence-electron chi connectivity index (χ2n) is 4.39. The largest absolute Gasteiger partial charge is 0.660 e. The molecule has 22 heavy (non-hydrogen) atoms. The van der Waals surface area contributed by atoms with Crippen LogP contribution in [0.5, 0.6) is 0 Å². The Kier molecular flexibility index (Phi) is 14.7. The van der Waals surface area contributed by atoms with Crippen molar-refractivity contribution in [3.63, 3.8) is 0 Å². The number of hydrogen-bond acceptors (Lipinski definition) is 4. The molecule has 6 nitrogen and oxygen atoms in total. The average molecular weight is 738 g/mol. The standard InChI is InChI=1S/C8H9F2N4.C4H9N2.2Ac/c9-6-5-7(10)13-8(12-6)14-3-1-11-2-4-14;1-2-6-4-3-5-1;;/h5H,1-4H2;5H,1-4H2;;/q2*-1;;. The van der Waals surface area contributed by atoms with Crippen LogP contribution in [0.25, 0.3) is 10.6 Å². The van der Waals surface area contributed by atoms with Gasteiger partial charge in [0.05, 0.1) is 0 Å². The number of nitrogens with zero attached hydrogens (tertiary/aromatic N) is 5. The van der Waals surface area contributed by atoms with E-state index in [1.807, 2.05) is 0 Å². The van der Waals surface area contributed by atoms with Crippen molar-refractivity contribution in [2.75, 3.05) is 57.3 Å². The molecule has 0 unspecified atom stereocenters. The van der Waals surface area contributed by atoms with Crippen molar-refractivity contribution >= 4 is 5.95 Å². The molecular formula is C12H18Ac2F2N6-2. The molecule has 0 bridgehead atoms. The number of nitrogens with one attached hydrogen (secondary N) is 1. The van der Waals surface area contributed by atoms with Crippen molar-refractivity contribution in [1.82, 2.24) is 15.3 Å². The molecular weight excluding hydrogens is 720 g/mol. The number of halogens is 2. The van der Waals surface area contributed by atoms with E-state index in [4.69, 9.17) is 0 Å². The van der Waals surface area contributed by atoms with Crippen LogP contribution in [-0.2, 0) is 0 Å². The summed E-state index contributed by atoms with van der Waals surface area (Å²) in [5.74, 6) is -1.57. The minimum atomic E-state index is -0.838. The van der Waals surface area contributed by atoms with Crippen LogP contribution in [0.1, 0.15) is 0 Å². The summed E-state index contributed by atoms with van der Waals surface area (Å²) in [5.41, 5.74) is 0. The van der Waals surface area contributed by atoms with Gasteiger partial charge in [0.15, 0.2) is 0 Å². The first-order valence-electron chi connectivity index (χ1n) is 6.68. The van der Waals surface area contributed by atoms with Gasteiger partial charge in [0, 0.05) is 107 Å². The summed E-state index contributed by atoms with van der Waals surface area (Å²) < 4.78 is 25.5. The quantitative estimate of drug-likeness (QED) is 0.436. The Balaban J connectivity index is 0.000000472. The fourth-order valence-electron chi connectivity index (χ4n) is 1.88. The van der Waals surface area contributed by atoms with Gasteiger partial charge in [-0.25, -0.2) is 0 Å². The molecule has 3 heterocycles. The minimum Gasteiger partial charge on any atom is -0.660 e. The molecule has 0 aliphatic carbocycles. The van der Waals surface area contributed by atoms with Gasteiger partial charge in [0.2, 0.25) is 17.8 Å². The molecule has 2 aliphatic rings. The van der Waals surface area contributed by atoms with Gasteiger partial charge < -0.3 is 20.9 Å². The molecule has 0 aromatic carbocycles. The van der Waals surface area contributed by atoms with E-state index in [1.54, 1.807) is 4.90 Å². The van der Waals surface area contributed by atoms with Gasteiger partial charge in [-0.15, -0.1) is 26.2 Å². The molecule has 2 saturated heterocycles. The van der Waals surface area contributed by atoms with Crippen LogP contribution in [0.4, 0.5) is 14.7 Å². The Morgan fingerprint density at radius 2 is 1.41 bits per heavy atom. The summed E-state index contributed by atoms with van der Waals surface area (Å²) in [6.45, 7) is 6.73. The zero-order valence-electron chi connectivity index (χ0n) is 12.4. The molecule has 1 aromatic rings. The number of rotatable bonds is 1. The Hall–Kier alpha value is 1.50. The molecule has 0 amide bonds. The molecule has 1 N–H and O–H groups in total. The minimum absolute atomic E-state index is 0. The predicted octanol–water partition coefficient (Wildman–Crippen LogP) is 0.912. The molecule has 10 heteroatoms. The van der Waals surface area contributed by atoms with Gasteiger partial charge in [-0.3, -0.25) is 0 Å². The Morgan fingerprint density at radius 3 is 1.82 bits per heavy atom. The number of piperazine rings is 2. The van der Waals surface area contributed by atoms with Crippen LogP contribution in [-0.4, -0.2) is 62.3 Å². The molecule has 0 saturated carbocycles. The van der Waals surface area contributed by atoms with Crippen LogP contribution in [0.15, 0.2) is 6.07 Å². The van der Waals surface area contributed by atoms with E-state index in [0.717, 1.165) is 26.2 Å². The zero-order valence-corrected chi connectivity index (χ0v) is 21.9. The van der Waals surface area contributed by atoms with Gasteiger partial charge in [-0.2, -0.15) is 18.7 Å². The molecule has 1 aromatic heterocycles. The molecule has 118 valence electrons. The van der Waals surface area contributed by atoms with Gasteiger partial charge in [0.25, 0.3) is 0 Å². The van der Waals surface area contributed by atoms with Crippen molar-refractivity contribution in [1.29, 1.82) is 0 Å². The fourth-order valence-corrected chi connectivity index (χ4v) is 1.88. The number of anilines is 1. The van der Waals surface area contributed by atoms with Gasteiger partial charge in [0.1, 0.15) is 0 Å². The van der Waals surface area contributed by atoms with Gasteiger partial charge >= 0.3 is 0 Å². The smallest absolute Gasteiger partial charge is 0.230 e. The van der Waals surface area contributed by atoms with Crippen molar-refractivity contribution in [3.05, 3.63) is 28.6 Å². The van der Waals surface area contributed by atoms with Crippen molar-refractivity contribution in [3.8, 4) is 0 Å². The molecule has 0 spiro atoms. The van der Waals surface area contributed by atoms with Crippen LogP contribution in [0, 0.1) is 100 Å². The normalized spacial score (nSPS) is 17.5. The van der Waals surface area contributed by atoms with E-state index in [9.17, 15) is 8.78 Å². The number of hydrogen-bond donors (Lipinski definition) is 1. The van der Waals surface area contributed by atoms with E-state index < -0.39 is 11.9 Å². The zero-order chi connectivity index (χ0) is 14.2. The van der Waals surface area contributed by atoms with E-state index in [0.29, 0.717) is 32.2 Å². The number of aromatic nitrogens is 2. The van der Waals surface area contributed by atoms with Crippen molar-refractivity contribution in [2.45, 2.75) is 0 Å². The maximum absolute atomic E-state index is 12.7. The van der Waals surface area contributed by atoms with Crippen molar-refractivity contribution < 1.29 is 96.9 Å². The summed E-state index contributed by atoms with van der Waals surface area (Å²) in [7, 11) is 0. The predicted molar refractivity (Wildman–Crippen MR) is 73.2 cm³/mol. The fraction of sp³-hybridized carbons (Fsp3) is 0.667. The third kappa shape index (κ3) is 9.11. The summed E-state index contributed by atoms with van der Waals surface area (Å²) in [5, 5.41) is 11.4. The maximum atomic E-state index is 12.7. The van der Waals surface area contributed by atoms with Crippen LogP contribution >= 0.6 is 0 Å². The van der Waals surface area contributed by atoms with E-state index in [1.165, 1.54) is 0 Å². The summed E-state index contributed by atoms with van der Waals surface area (Å²) in [6.07, 6.45) is 0. The second kappa shape index (κ2) is 13.8. The first-order chi connectivity index (χ1) is 9.75. The molecule has 2 fully saturated rings.